The highest BCUT2D eigenvalue weighted by atomic mass is 16.5. The zero-order chi connectivity index (χ0) is 20.2. The molecule has 2 aromatic carbocycles. The molecule has 0 aromatic heterocycles. The lowest BCUT2D eigenvalue weighted by Gasteiger charge is -2.14. The number of amides is 3. The highest BCUT2D eigenvalue weighted by Gasteiger charge is 2.11. The number of carbonyl (C=O) groups is 3. The van der Waals surface area contributed by atoms with E-state index < -0.39 is 12.0 Å². The molecule has 0 aliphatic carbocycles. The largest absolute Gasteiger partial charge is 0.445 e. The first kappa shape index (κ1) is 21.0. The van der Waals surface area contributed by atoms with Gasteiger partial charge in [0.25, 0.3) is 0 Å². The second kappa shape index (κ2) is 11.4. The molecule has 0 fully saturated rings. The van der Waals surface area contributed by atoms with E-state index in [9.17, 15) is 14.4 Å². The van der Waals surface area contributed by atoms with Crippen molar-refractivity contribution in [3.63, 3.8) is 0 Å². The minimum absolute atomic E-state index is 0.0575. The molecule has 2 aromatic rings. The minimum atomic E-state index is -0.695. The van der Waals surface area contributed by atoms with Crippen molar-refractivity contribution < 1.29 is 19.1 Å². The van der Waals surface area contributed by atoms with E-state index in [4.69, 9.17) is 4.74 Å². The second-order valence-corrected chi connectivity index (χ2v) is 6.35. The van der Waals surface area contributed by atoms with Crippen molar-refractivity contribution in [2.24, 2.45) is 0 Å². The van der Waals surface area contributed by atoms with E-state index >= 15 is 0 Å². The van der Waals surface area contributed by atoms with E-state index in [1.165, 1.54) is 0 Å². The van der Waals surface area contributed by atoms with Gasteiger partial charge in [0.15, 0.2) is 0 Å². The van der Waals surface area contributed by atoms with Crippen LogP contribution in [0.3, 0.4) is 0 Å². The van der Waals surface area contributed by atoms with Gasteiger partial charge in [0, 0.05) is 6.04 Å². The van der Waals surface area contributed by atoms with Crippen LogP contribution in [0.4, 0.5) is 4.79 Å². The van der Waals surface area contributed by atoms with Crippen LogP contribution in [0.15, 0.2) is 60.7 Å². The summed E-state index contributed by atoms with van der Waals surface area (Å²) in [6.45, 7) is 1.60. The maximum Gasteiger partial charge on any atom is 0.407 e. The van der Waals surface area contributed by atoms with Crippen LogP contribution >= 0.6 is 0 Å². The van der Waals surface area contributed by atoms with Crippen molar-refractivity contribution in [1.82, 2.24) is 16.0 Å². The molecule has 3 amide bonds. The highest BCUT2D eigenvalue weighted by molar-refractivity contribution is 5.87. The molecular weight excluding hydrogens is 358 g/mol. The summed E-state index contributed by atoms with van der Waals surface area (Å²) >= 11 is 0. The standard InChI is InChI=1S/C21H25N3O4/c1-16(12-17-8-4-2-5-9-17)24-20(26)14-22-19(25)13-23-21(27)28-15-18-10-6-3-7-11-18/h2-11,16H,12-15H2,1H3,(H,22,25)(H,23,27)(H,24,26)/t16-/m0/s1. The molecule has 0 spiro atoms. The fraction of sp³-hybridized carbons (Fsp3) is 0.286. The van der Waals surface area contributed by atoms with Crippen molar-refractivity contribution in [3.8, 4) is 0 Å². The van der Waals surface area contributed by atoms with Crippen LogP contribution in [0.25, 0.3) is 0 Å². The SMILES string of the molecule is C[C@@H](Cc1ccccc1)NC(=O)CNC(=O)CNC(=O)OCc1ccccc1. The van der Waals surface area contributed by atoms with Gasteiger partial charge in [0.1, 0.15) is 13.2 Å². The fourth-order valence-corrected chi connectivity index (χ4v) is 2.51. The quantitative estimate of drug-likeness (QED) is 0.615. The van der Waals surface area contributed by atoms with Crippen LogP contribution in [-0.4, -0.2) is 37.0 Å². The second-order valence-electron chi connectivity index (χ2n) is 6.35. The molecule has 0 unspecified atom stereocenters. The Morgan fingerprint density at radius 1 is 0.821 bits per heavy atom. The van der Waals surface area contributed by atoms with Gasteiger partial charge < -0.3 is 20.7 Å². The van der Waals surface area contributed by atoms with E-state index in [-0.39, 0.29) is 31.6 Å². The summed E-state index contributed by atoms with van der Waals surface area (Å²) in [7, 11) is 0. The highest BCUT2D eigenvalue weighted by Crippen LogP contribution is 2.02. The number of benzene rings is 2. The van der Waals surface area contributed by atoms with E-state index in [1.807, 2.05) is 67.6 Å². The van der Waals surface area contributed by atoms with Gasteiger partial charge in [-0.2, -0.15) is 0 Å². The Hall–Kier alpha value is -3.35. The molecule has 0 saturated heterocycles. The van der Waals surface area contributed by atoms with Crippen molar-refractivity contribution in [2.45, 2.75) is 26.0 Å². The van der Waals surface area contributed by atoms with Gasteiger partial charge in [-0.1, -0.05) is 60.7 Å². The summed E-state index contributed by atoms with van der Waals surface area (Å²) in [5.74, 6) is -0.758. The molecule has 3 N–H and O–H groups in total. The lowest BCUT2D eigenvalue weighted by Crippen LogP contribution is -2.44. The van der Waals surface area contributed by atoms with E-state index in [2.05, 4.69) is 16.0 Å². The van der Waals surface area contributed by atoms with Gasteiger partial charge in [-0.15, -0.1) is 0 Å². The number of ether oxygens (including phenoxy) is 1. The van der Waals surface area contributed by atoms with Crippen LogP contribution in [0.5, 0.6) is 0 Å². The minimum Gasteiger partial charge on any atom is -0.445 e. The molecule has 0 radical (unpaired) electrons. The van der Waals surface area contributed by atoms with Gasteiger partial charge >= 0.3 is 6.09 Å². The molecule has 7 nitrogen and oxygen atoms in total. The molecule has 0 bridgehead atoms. The van der Waals surface area contributed by atoms with E-state index in [0.717, 1.165) is 11.1 Å². The van der Waals surface area contributed by atoms with Crippen molar-refractivity contribution >= 4 is 17.9 Å². The molecule has 1 atom stereocenters. The average molecular weight is 383 g/mol. The predicted octanol–water partition coefficient (Wildman–Crippen LogP) is 1.78. The van der Waals surface area contributed by atoms with E-state index in [0.29, 0.717) is 6.42 Å². The summed E-state index contributed by atoms with van der Waals surface area (Å²) in [4.78, 5) is 35.2. The smallest absolute Gasteiger partial charge is 0.407 e. The predicted molar refractivity (Wildman–Crippen MR) is 105 cm³/mol. The number of rotatable bonds is 9. The molecular formula is C21H25N3O4. The van der Waals surface area contributed by atoms with Crippen LogP contribution in [0.1, 0.15) is 18.1 Å². The number of hydrogen-bond acceptors (Lipinski definition) is 4. The molecule has 0 aliphatic heterocycles. The average Bonchev–Trinajstić information content (AvgIpc) is 2.70. The van der Waals surface area contributed by atoms with Crippen LogP contribution in [-0.2, 0) is 27.4 Å². The van der Waals surface area contributed by atoms with Crippen LogP contribution < -0.4 is 16.0 Å². The fourth-order valence-electron chi connectivity index (χ4n) is 2.51. The Balaban J connectivity index is 1.58. The third-order valence-electron chi connectivity index (χ3n) is 3.84. The zero-order valence-corrected chi connectivity index (χ0v) is 15.8. The third kappa shape index (κ3) is 8.35. The third-order valence-corrected chi connectivity index (χ3v) is 3.84. The molecule has 0 saturated carbocycles. The maximum absolute atomic E-state index is 11.9. The Labute approximate surface area is 164 Å². The summed E-state index contributed by atoms with van der Waals surface area (Å²) < 4.78 is 5.00. The van der Waals surface area contributed by atoms with Crippen LogP contribution in [0, 0.1) is 0 Å². The normalized spacial score (nSPS) is 11.2. The number of alkyl carbamates (subject to hydrolysis) is 1. The van der Waals surface area contributed by atoms with Crippen molar-refractivity contribution in [2.75, 3.05) is 13.1 Å². The Morgan fingerprint density at radius 3 is 2.04 bits per heavy atom. The number of carbonyl (C=O) groups excluding carboxylic acids is 3. The lowest BCUT2D eigenvalue weighted by molar-refractivity contribution is -0.125. The van der Waals surface area contributed by atoms with Gasteiger partial charge in [0.05, 0.1) is 6.54 Å². The molecule has 28 heavy (non-hydrogen) atoms. The van der Waals surface area contributed by atoms with Gasteiger partial charge in [-0.25, -0.2) is 4.79 Å². The maximum atomic E-state index is 11.9. The summed E-state index contributed by atoms with van der Waals surface area (Å²) in [6, 6.07) is 19.0. The molecule has 2 rings (SSSR count). The van der Waals surface area contributed by atoms with Crippen LogP contribution in [0.2, 0.25) is 0 Å². The van der Waals surface area contributed by atoms with E-state index in [1.54, 1.807) is 0 Å². The molecule has 0 aliphatic rings. The lowest BCUT2D eigenvalue weighted by atomic mass is 10.1. The van der Waals surface area contributed by atoms with Gasteiger partial charge in [-0.05, 0) is 24.5 Å². The topological polar surface area (TPSA) is 96.5 Å². The monoisotopic (exact) mass is 383 g/mol. The number of nitrogens with one attached hydrogen (secondary N) is 3. The summed E-state index contributed by atoms with van der Waals surface area (Å²) in [5.41, 5.74) is 1.97. The first-order valence-electron chi connectivity index (χ1n) is 9.07. The van der Waals surface area contributed by atoms with Crippen molar-refractivity contribution in [1.29, 1.82) is 0 Å². The number of hydrogen-bond donors (Lipinski definition) is 3. The van der Waals surface area contributed by atoms with Crippen molar-refractivity contribution in [3.05, 3.63) is 71.8 Å². The molecule has 0 heterocycles. The Kier molecular flexibility index (Phi) is 8.52. The molecule has 148 valence electrons. The Bertz CT molecular complexity index is 766. The zero-order valence-electron chi connectivity index (χ0n) is 15.8. The van der Waals surface area contributed by atoms with Gasteiger partial charge in [-0.3, -0.25) is 9.59 Å². The molecule has 7 heteroatoms. The first-order valence-corrected chi connectivity index (χ1v) is 9.07. The first-order chi connectivity index (χ1) is 13.5. The summed E-state index contributed by atoms with van der Waals surface area (Å²) in [6.07, 6.45) is 0.00921. The van der Waals surface area contributed by atoms with Gasteiger partial charge in [0.2, 0.25) is 11.8 Å². The summed E-state index contributed by atoms with van der Waals surface area (Å²) in [5, 5.41) is 7.63. The Morgan fingerprint density at radius 2 is 1.39 bits per heavy atom.